The van der Waals surface area contributed by atoms with E-state index in [0.717, 1.165) is 37.0 Å². The van der Waals surface area contributed by atoms with Gasteiger partial charge in [-0.3, -0.25) is 9.59 Å². The minimum atomic E-state index is -1.20. The Kier molecular flexibility index (Phi) is 6.80. The number of nitrogens with one attached hydrogen (secondary N) is 1. The molecule has 0 radical (unpaired) electrons. The Morgan fingerprint density at radius 1 is 1.25 bits per heavy atom. The average molecular weight is 328 g/mol. The van der Waals surface area contributed by atoms with Crippen LogP contribution in [0.25, 0.3) is 0 Å². The number of benzene rings is 1. The Balaban J connectivity index is 1.85. The van der Waals surface area contributed by atoms with E-state index in [9.17, 15) is 14.9 Å². The fourth-order valence-corrected chi connectivity index (χ4v) is 3.01. The van der Waals surface area contributed by atoms with E-state index in [0.29, 0.717) is 6.42 Å². The van der Waals surface area contributed by atoms with Crippen LogP contribution in [0, 0.1) is 17.2 Å². The van der Waals surface area contributed by atoms with Crippen LogP contribution < -0.4 is 10.1 Å². The third kappa shape index (κ3) is 5.09. The summed E-state index contributed by atoms with van der Waals surface area (Å²) in [5.41, 5.74) is 0.980. The Morgan fingerprint density at radius 2 is 1.92 bits per heavy atom. The molecule has 0 bridgehead atoms. The van der Waals surface area contributed by atoms with Crippen molar-refractivity contribution >= 4 is 11.7 Å². The van der Waals surface area contributed by atoms with E-state index in [-0.39, 0.29) is 18.2 Å². The summed E-state index contributed by atoms with van der Waals surface area (Å²) >= 11 is 0. The highest BCUT2D eigenvalue weighted by Crippen LogP contribution is 2.18. The largest absolute Gasteiger partial charge is 0.497 e. The number of ether oxygens (including phenoxy) is 1. The molecule has 0 saturated heterocycles. The van der Waals surface area contributed by atoms with Gasteiger partial charge in [0.25, 0.3) is 0 Å². The molecular formula is C19H24N2O3. The van der Waals surface area contributed by atoms with Gasteiger partial charge in [0.05, 0.1) is 13.2 Å². The van der Waals surface area contributed by atoms with Gasteiger partial charge in [0.1, 0.15) is 5.75 Å². The summed E-state index contributed by atoms with van der Waals surface area (Å²) in [5.74, 6) is -1.21. The molecule has 5 heteroatoms. The molecule has 1 atom stereocenters. The fraction of sp³-hybridized carbons (Fsp3) is 0.526. The molecule has 0 aliphatic heterocycles. The second-order valence-electron chi connectivity index (χ2n) is 6.22. The first-order valence-electron chi connectivity index (χ1n) is 8.49. The third-order valence-electron chi connectivity index (χ3n) is 4.48. The minimum Gasteiger partial charge on any atom is -0.497 e. The number of methoxy groups -OCH3 is 1. The fourth-order valence-electron chi connectivity index (χ4n) is 3.01. The molecule has 1 fully saturated rings. The lowest BCUT2D eigenvalue weighted by Gasteiger charge is -2.23. The summed E-state index contributed by atoms with van der Waals surface area (Å²) in [4.78, 5) is 24.5. The molecule has 24 heavy (non-hydrogen) atoms. The highest BCUT2D eigenvalue weighted by Gasteiger charge is 2.28. The number of ketones is 1. The van der Waals surface area contributed by atoms with E-state index in [1.165, 1.54) is 6.42 Å². The molecule has 1 aromatic carbocycles. The van der Waals surface area contributed by atoms with Gasteiger partial charge >= 0.3 is 0 Å². The number of hydrogen-bond acceptors (Lipinski definition) is 4. The lowest BCUT2D eigenvalue weighted by molar-refractivity contribution is -0.132. The van der Waals surface area contributed by atoms with E-state index in [2.05, 4.69) is 5.32 Å². The molecule has 5 nitrogen and oxygen atoms in total. The number of carbonyl (C=O) groups excluding carboxylic acids is 2. The summed E-state index contributed by atoms with van der Waals surface area (Å²) in [6.45, 7) is 0. The van der Waals surface area contributed by atoms with Gasteiger partial charge in [-0.15, -0.1) is 0 Å². The van der Waals surface area contributed by atoms with E-state index in [1.54, 1.807) is 7.11 Å². The lowest BCUT2D eigenvalue weighted by Crippen LogP contribution is -2.42. The minimum absolute atomic E-state index is 0.108. The smallest absolute Gasteiger partial charge is 0.245 e. The number of hydrogen-bond donors (Lipinski definition) is 1. The SMILES string of the molecule is COc1ccc(CCC(=O)[C@@H](C#N)C(=O)NC2CCCCC2)cc1. The first-order chi connectivity index (χ1) is 11.6. The van der Waals surface area contributed by atoms with Gasteiger partial charge in [0.2, 0.25) is 5.91 Å². The molecule has 1 N–H and O–H groups in total. The normalized spacial score (nSPS) is 16.0. The number of amides is 1. The third-order valence-corrected chi connectivity index (χ3v) is 4.48. The molecule has 1 amide bonds. The van der Waals surface area contributed by atoms with Gasteiger partial charge in [-0.05, 0) is 37.0 Å². The predicted octanol–water partition coefficient (Wildman–Crippen LogP) is 2.79. The predicted molar refractivity (Wildman–Crippen MR) is 90.4 cm³/mol. The summed E-state index contributed by atoms with van der Waals surface area (Å²) < 4.78 is 5.09. The Labute approximate surface area is 143 Å². The number of nitriles is 1. The van der Waals surface area contributed by atoms with Gasteiger partial charge < -0.3 is 10.1 Å². The molecule has 0 heterocycles. The van der Waals surface area contributed by atoms with E-state index >= 15 is 0 Å². The molecule has 1 aliphatic rings. The lowest BCUT2D eigenvalue weighted by atomic mass is 9.93. The molecule has 0 aromatic heterocycles. The van der Waals surface area contributed by atoms with Crippen molar-refractivity contribution in [3.05, 3.63) is 29.8 Å². The summed E-state index contributed by atoms with van der Waals surface area (Å²) in [7, 11) is 1.60. The van der Waals surface area contributed by atoms with Crippen LogP contribution in [0.3, 0.4) is 0 Å². The number of Topliss-reactive ketones (excluding diaryl/α,β-unsaturated/α-hetero) is 1. The van der Waals surface area contributed by atoms with Crippen LogP contribution >= 0.6 is 0 Å². The highest BCUT2D eigenvalue weighted by molar-refractivity contribution is 6.04. The van der Waals surface area contributed by atoms with Gasteiger partial charge in [-0.25, -0.2) is 0 Å². The van der Waals surface area contributed by atoms with E-state index < -0.39 is 11.8 Å². The van der Waals surface area contributed by atoms with Crippen molar-refractivity contribution in [3.63, 3.8) is 0 Å². The zero-order valence-electron chi connectivity index (χ0n) is 14.1. The van der Waals surface area contributed by atoms with Crippen LogP contribution in [0.5, 0.6) is 5.75 Å². The van der Waals surface area contributed by atoms with Crippen LogP contribution in [0.15, 0.2) is 24.3 Å². The van der Waals surface area contributed by atoms with Crippen LogP contribution in [0.4, 0.5) is 0 Å². The Morgan fingerprint density at radius 3 is 2.50 bits per heavy atom. The Bertz CT molecular complexity index is 598. The second kappa shape index (κ2) is 9.07. The van der Waals surface area contributed by atoms with Crippen molar-refractivity contribution in [2.75, 3.05) is 7.11 Å². The number of carbonyl (C=O) groups is 2. The van der Waals surface area contributed by atoms with Gasteiger partial charge in [0.15, 0.2) is 11.7 Å². The van der Waals surface area contributed by atoms with Crippen LogP contribution in [-0.2, 0) is 16.0 Å². The van der Waals surface area contributed by atoms with Gasteiger partial charge in [-0.1, -0.05) is 31.4 Å². The van der Waals surface area contributed by atoms with Crippen molar-refractivity contribution in [1.29, 1.82) is 5.26 Å². The standard InChI is InChI=1S/C19H24N2O3/c1-24-16-10-7-14(8-11-16)9-12-18(22)17(13-20)19(23)21-15-5-3-2-4-6-15/h7-8,10-11,15,17H,2-6,9,12H2,1H3,(H,21,23)/t17-/m1/s1. The van der Waals surface area contributed by atoms with Crippen LogP contribution in [0.2, 0.25) is 0 Å². The van der Waals surface area contributed by atoms with Crippen molar-refractivity contribution in [2.45, 2.75) is 51.0 Å². The summed E-state index contributed by atoms with van der Waals surface area (Å²) in [6.07, 6.45) is 5.93. The molecule has 128 valence electrons. The maximum atomic E-state index is 12.2. The van der Waals surface area contributed by atoms with Gasteiger partial charge in [-0.2, -0.15) is 5.26 Å². The number of nitrogens with zero attached hydrogens (tertiary/aromatic N) is 1. The quantitative estimate of drug-likeness (QED) is 0.781. The molecule has 0 unspecified atom stereocenters. The first-order valence-corrected chi connectivity index (χ1v) is 8.49. The monoisotopic (exact) mass is 328 g/mol. The first kappa shape index (κ1) is 18.0. The van der Waals surface area contributed by atoms with Crippen molar-refractivity contribution in [3.8, 4) is 11.8 Å². The molecule has 1 aliphatic carbocycles. The number of aryl methyl sites for hydroxylation is 1. The molecule has 0 spiro atoms. The van der Waals surface area contributed by atoms with E-state index in [1.807, 2.05) is 30.3 Å². The van der Waals surface area contributed by atoms with Crippen molar-refractivity contribution < 1.29 is 14.3 Å². The summed E-state index contributed by atoms with van der Waals surface area (Å²) in [5, 5.41) is 12.1. The Hall–Kier alpha value is -2.35. The zero-order valence-corrected chi connectivity index (χ0v) is 14.1. The summed E-state index contributed by atoms with van der Waals surface area (Å²) in [6, 6.07) is 9.40. The molecular weight excluding hydrogens is 304 g/mol. The zero-order chi connectivity index (χ0) is 17.4. The molecule has 2 rings (SSSR count). The maximum absolute atomic E-state index is 12.2. The molecule has 1 saturated carbocycles. The number of rotatable bonds is 7. The van der Waals surface area contributed by atoms with Gasteiger partial charge in [0, 0.05) is 12.5 Å². The van der Waals surface area contributed by atoms with Crippen molar-refractivity contribution in [2.24, 2.45) is 5.92 Å². The maximum Gasteiger partial charge on any atom is 0.245 e. The molecule has 1 aromatic rings. The highest BCUT2D eigenvalue weighted by atomic mass is 16.5. The van der Waals surface area contributed by atoms with E-state index in [4.69, 9.17) is 4.74 Å². The van der Waals surface area contributed by atoms with Crippen molar-refractivity contribution in [1.82, 2.24) is 5.32 Å². The van der Waals surface area contributed by atoms with Crippen LogP contribution in [-0.4, -0.2) is 24.8 Å². The second-order valence-corrected chi connectivity index (χ2v) is 6.22. The topological polar surface area (TPSA) is 79.2 Å². The van der Waals surface area contributed by atoms with Crippen LogP contribution in [0.1, 0.15) is 44.1 Å². The average Bonchev–Trinajstić information content (AvgIpc) is 2.62.